The van der Waals surface area contributed by atoms with Crippen LogP contribution < -0.4 is 14.4 Å². The second kappa shape index (κ2) is 13.1. The van der Waals surface area contributed by atoms with Gasteiger partial charge in [0.05, 0.1) is 17.7 Å². The van der Waals surface area contributed by atoms with Crippen LogP contribution in [0.1, 0.15) is 32.8 Å². The van der Waals surface area contributed by atoms with Gasteiger partial charge in [0.25, 0.3) is 10.0 Å². The number of hydrogen-bond acceptors (Lipinski definition) is 5. The first-order valence-electron chi connectivity index (χ1n) is 12.5. The minimum absolute atomic E-state index is 0.0674. The molecule has 8 nitrogen and oxygen atoms in total. The molecule has 0 aromatic heterocycles. The normalized spacial score (nSPS) is 12.7. The van der Waals surface area contributed by atoms with Gasteiger partial charge in [-0.15, -0.1) is 0 Å². The predicted molar refractivity (Wildman–Crippen MR) is 148 cm³/mol. The number of amides is 2. The molecule has 1 N–H and O–H groups in total. The fraction of sp³-hybridized carbons (Fsp3) is 0.310. The lowest BCUT2D eigenvalue weighted by Crippen LogP contribution is -2.52. The molecule has 0 saturated heterocycles. The Balaban J connectivity index is 1.98. The Hall–Kier alpha value is -3.85. The summed E-state index contributed by atoms with van der Waals surface area (Å²) < 4.78 is 33.7. The first-order valence-corrected chi connectivity index (χ1v) is 14.0. The van der Waals surface area contributed by atoms with Crippen molar-refractivity contribution in [3.63, 3.8) is 0 Å². The van der Waals surface area contributed by atoms with E-state index in [1.54, 1.807) is 74.7 Å². The van der Waals surface area contributed by atoms with Gasteiger partial charge in [-0.2, -0.15) is 0 Å². The van der Waals surface area contributed by atoms with Crippen molar-refractivity contribution < 1.29 is 22.7 Å². The lowest BCUT2D eigenvalue weighted by molar-refractivity contribution is -0.139. The maximum absolute atomic E-state index is 13.8. The second-order valence-corrected chi connectivity index (χ2v) is 10.9. The number of carbonyl (C=O) groups is 2. The van der Waals surface area contributed by atoms with Crippen molar-refractivity contribution in [3.05, 3.63) is 90.5 Å². The molecule has 0 fully saturated rings. The Morgan fingerprint density at radius 1 is 0.895 bits per heavy atom. The van der Waals surface area contributed by atoms with E-state index in [1.165, 1.54) is 17.0 Å². The van der Waals surface area contributed by atoms with Crippen LogP contribution in [0.4, 0.5) is 5.69 Å². The topological polar surface area (TPSA) is 96.0 Å². The molecule has 0 spiro atoms. The highest BCUT2D eigenvalue weighted by Crippen LogP contribution is 2.24. The summed E-state index contributed by atoms with van der Waals surface area (Å²) in [5.41, 5.74) is 1.13. The molecule has 3 aromatic carbocycles. The maximum Gasteiger partial charge on any atom is 0.264 e. The number of carbonyl (C=O) groups excluding carboxylic acids is 2. The number of sulfonamides is 1. The van der Waals surface area contributed by atoms with Crippen LogP contribution in [0.5, 0.6) is 5.75 Å². The van der Waals surface area contributed by atoms with Crippen LogP contribution in [0, 0.1) is 0 Å². The SMILES string of the molecule is CC[C@H](C)NC(=O)[C@H](C)N(Cc1ccc(OC)cc1)C(=O)CN(c1ccccc1)S(=O)(=O)c1ccccc1. The lowest BCUT2D eigenvalue weighted by Gasteiger charge is -2.32. The first-order chi connectivity index (χ1) is 18.2. The third-order valence-corrected chi connectivity index (χ3v) is 8.12. The van der Waals surface area contributed by atoms with Crippen LogP contribution in [0.3, 0.4) is 0 Å². The molecule has 0 radical (unpaired) electrons. The fourth-order valence-corrected chi connectivity index (χ4v) is 5.25. The maximum atomic E-state index is 13.8. The number of rotatable bonds is 12. The van der Waals surface area contributed by atoms with Crippen LogP contribution in [0.2, 0.25) is 0 Å². The van der Waals surface area contributed by atoms with Crippen LogP contribution in [0.15, 0.2) is 89.8 Å². The standard InChI is InChI=1S/C29H35N3O5S/c1-5-22(2)30-29(34)23(3)31(20-24-16-18-26(37-4)19-17-24)28(33)21-32(25-12-8-6-9-13-25)38(35,36)27-14-10-7-11-15-27/h6-19,22-23H,5,20-21H2,1-4H3,(H,30,34)/t22-,23-/m0/s1. The van der Waals surface area contributed by atoms with Gasteiger partial charge in [0.2, 0.25) is 11.8 Å². The molecule has 9 heteroatoms. The highest BCUT2D eigenvalue weighted by atomic mass is 32.2. The molecule has 2 amide bonds. The quantitative estimate of drug-likeness (QED) is 0.373. The number of methoxy groups -OCH3 is 1. The monoisotopic (exact) mass is 537 g/mol. The van der Waals surface area contributed by atoms with Crippen LogP contribution in [0.25, 0.3) is 0 Å². The van der Waals surface area contributed by atoms with Crippen molar-refractivity contribution in [1.29, 1.82) is 0 Å². The third kappa shape index (κ3) is 7.13. The molecule has 38 heavy (non-hydrogen) atoms. The molecule has 0 unspecified atom stereocenters. The Labute approximate surface area is 225 Å². The summed E-state index contributed by atoms with van der Waals surface area (Å²) in [7, 11) is -2.50. The van der Waals surface area contributed by atoms with E-state index in [2.05, 4.69) is 5.32 Å². The van der Waals surface area contributed by atoms with Crippen molar-refractivity contribution in [3.8, 4) is 5.75 Å². The smallest absolute Gasteiger partial charge is 0.264 e. The molecule has 202 valence electrons. The predicted octanol–water partition coefficient (Wildman–Crippen LogP) is 4.22. The van der Waals surface area contributed by atoms with Crippen LogP contribution in [-0.2, 0) is 26.2 Å². The minimum Gasteiger partial charge on any atom is -0.497 e. The number of anilines is 1. The van der Waals surface area contributed by atoms with E-state index in [1.807, 2.05) is 26.0 Å². The van der Waals surface area contributed by atoms with Crippen LogP contribution >= 0.6 is 0 Å². The molecule has 0 aliphatic rings. The summed E-state index contributed by atoms with van der Waals surface area (Å²) in [4.78, 5) is 28.4. The van der Waals surface area contributed by atoms with E-state index in [0.29, 0.717) is 11.4 Å². The molecule has 0 heterocycles. The van der Waals surface area contributed by atoms with Gasteiger partial charge in [0, 0.05) is 12.6 Å². The minimum atomic E-state index is -4.06. The number of nitrogens with zero attached hydrogens (tertiary/aromatic N) is 2. The van der Waals surface area contributed by atoms with Gasteiger partial charge >= 0.3 is 0 Å². The zero-order valence-electron chi connectivity index (χ0n) is 22.2. The van der Waals surface area contributed by atoms with Gasteiger partial charge in [0.15, 0.2) is 0 Å². The van der Waals surface area contributed by atoms with E-state index in [4.69, 9.17) is 4.74 Å². The van der Waals surface area contributed by atoms with Crippen molar-refractivity contribution in [1.82, 2.24) is 10.2 Å². The van der Waals surface area contributed by atoms with Gasteiger partial charge in [-0.1, -0.05) is 55.5 Å². The second-order valence-electron chi connectivity index (χ2n) is 9.02. The first kappa shape index (κ1) is 28.7. The van der Waals surface area contributed by atoms with E-state index < -0.39 is 28.5 Å². The molecule has 0 bridgehead atoms. The summed E-state index contributed by atoms with van der Waals surface area (Å²) in [5, 5.41) is 2.93. The summed E-state index contributed by atoms with van der Waals surface area (Å²) in [6.45, 7) is 5.15. The average Bonchev–Trinajstić information content (AvgIpc) is 2.95. The summed E-state index contributed by atoms with van der Waals surface area (Å²) in [6, 6.07) is 22.7. The highest BCUT2D eigenvalue weighted by molar-refractivity contribution is 7.92. The molecule has 0 saturated carbocycles. The summed E-state index contributed by atoms with van der Waals surface area (Å²) in [6.07, 6.45) is 0.738. The van der Waals surface area contributed by atoms with Crippen molar-refractivity contribution in [2.45, 2.75) is 50.7 Å². The molecular formula is C29H35N3O5S. The number of nitrogens with one attached hydrogen (secondary N) is 1. The Kier molecular flexibility index (Phi) is 9.90. The molecule has 3 rings (SSSR count). The van der Waals surface area contributed by atoms with Crippen molar-refractivity contribution >= 4 is 27.5 Å². The molecule has 3 aromatic rings. The van der Waals surface area contributed by atoms with Gasteiger partial charge in [-0.05, 0) is 62.2 Å². The van der Waals surface area contributed by atoms with Gasteiger partial charge in [-0.25, -0.2) is 8.42 Å². The molecule has 0 aliphatic carbocycles. The number of benzene rings is 3. The molecule has 2 atom stereocenters. The Bertz CT molecular complexity index is 1300. The van der Waals surface area contributed by atoms with Gasteiger partial charge in [-0.3, -0.25) is 13.9 Å². The lowest BCUT2D eigenvalue weighted by atomic mass is 10.1. The average molecular weight is 538 g/mol. The third-order valence-electron chi connectivity index (χ3n) is 6.33. The Morgan fingerprint density at radius 3 is 2.03 bits per heavy atom. The molecular weight excluding hydrogens is 502 g/mol. The zero-order valence-corrected chi connectivity index (χ0v) is 23.0. The van der Waals surface area contributed by atoms with E-state index in [0.717, 1.165) is 16.3 Å². The van der Waals surface area contributed by atoms with E-state index >= 15 is 0 Å². The van der Waals surface area contributed by atoms with E-state index in [9.17, 15) is 18.0 Å². The van der Waals surface area contributed by atoms with E-state index in [-0.39, 0.29) is 23.4 Å². The Morgan fingerprint density at radius 2 is 1.47 bits per heavy atom. The number of hydrogen-bond donors (Lipinski definition) is 1. The summed E-state index contributed by atoms with van der Waals surface area (Å²) in [5.74, 6) is -0.146. The summed E-state index contributed by atoms with van der Waals surface area (Å²) >= 11 is 0. The largest absolute Gasteiger partial charge is 0.497 e. The number of para-hydroxylation sites is 1. The van der Waals surface area contributed by atoms with Crippen molar-refractivity contribution in [2.75, 3.05) is 18.0 Å². The van der Waals surface area contributed by atoms with Crippen molar-refractivity contribution in [2.24, 2.45) is 0 Å². The zero-order chi connectivity index (χ0) is 27.7. The number of ether oxygens (including phenoxy) is 1. The van der Waals surface area contributed by atoms with Crippen LogP contribution in [-0.4, -0.2) is 50.9 Å². The molecule has 0 aliphatic heterocycles. The fourth-order valence-electron chi connectivity index (χ4n) is 3.82. The van der Waals surface area contributed by atoms with Gasteiger partial charge in [0.1, 0.15) is 18.3 Å². The van der Waals surface area contributed by atoms with Gasteiger partial charge < -0.3 is 15.0 Å². The highest BCUT2D eigenvalue weighted by Gasteiger charge is 2.32.